The number of ether oxygens (including phenoxy) is 1. The number of amides is 3. The molecule has 0 saturated carbocycles. The van der Waals surface area contributed by atoms with Crippen LogP contribution in [0.5, 0.6) is 0 Å². The van der Waals surface area contributed by atoms with Gasteiger partial charge in [0.15, 0.2) is 0 Å². The molecule has 0 atom stereocenters. The maximum atomic E-state index is 13.4. The number of halogens is 1. The number of anilines is 2. The van der Waals surface area contributed by atoms with E-state index < -0.39 is 23.6 Å². The third-order valence-electron chi connectivity index (χ3n) is 5.87. The molecule has 43 heavy (non-hydrogen) atoms. The number of esters is 1. The van der Waals surface area contributed by atoms with E-state index in [0.29, 0.717) is 28.1 Å². The highest BCUT2D eigenvalue weighted by Crippen LogP contribution is 2.21. The third kappa shape index (κ3) is 9.40. The molecule has 0 aliphatic rings. The summed E-state index contributed by atoms with van der Waals surface area (Å²) in [4.78, 5) is 50.9. The number of carbonyl (C=O) groups is 4. The lowest BCUT2D eigenvalue weighted by Gasteiger charge is -2.12. The van der Waals surface area contributed by atoms with Gasteiger partial charge in [-0.15, -0.1) is 11.8 Å². The molecule has 0 heterocycles. The van der Waals surface area contributed by atoms with Crippen LogP contribution < -0.4 is 16.0 Å². The molecule has 0 fully saturated rings. The molecule has 218 valence electrons. The molecule has 0 unspecified atom stereocenters. The van der Waals surface area contributed by atoms with Crippen LogP contribution in [0.25, 0.3) is 6.08 Å². The summed E-state index contributed by atoms with van der Waals surface area (Å²) in [6, 6.07) is 27.3. The normalized spacial score (nSPS) is 10.9. The predicted molar refractivity (Wildman–Crippen MR) is 165 cm³/mol. The summed E-state index contributed by atoms with van der Waals surface area (Å²) in [5, 5.41) is 8.18. The Labute approximate surface area is 252 Å². The summed E-state index contributed by atoms with van der Waals surface area (Å²) in [5.74, 6) is -1.96. The topological polar surface area (TPSA) is 114 Å². The largest absolute Gasteiger partial charge is 0.462 e. The Morgan fingerprint density at radius 3 is 2.05 bits per heavy atom. The minimum Gasteiger partial charge on any atom is -0.462 e. The van der Waals surface area contributed by atoms with Gasteiger partial charge in [-0.2, -0.15) is 0 Å². The molecule has 0 aliphatic carbocycles. The van der Waals surface area contributed by atoms with E-state index in [4.69, 9.17) is 4.74 Å². The standard InChI is InChI=1S/C33H28FN3O5S/c1-2-42-33(41)24-10-14-26(15-11-24)35-30(38)21-43-28-18-16-27(17-19-28)36-32(40)29(20-22-8-12-25(34)13-9-22)37-31(39)23-6-4-3-5-7-23/h3-20H,2,21H2,1H3,(H,35,38)(H,36,40)(H,37,39)/b29-20-. The van der Waals surface area contributed by atoms with Crippen LogP contribution in [-0.4, -0.2) is 36.1 Å². The molecule has 0 radical (unpaired) electrons. The molecule has 0 aliphatic heterocycles. The molecule has 0 spiro atoms. The minimum absolute atomic E-state index is 0.0223. The van der Waals surface area contributed by atoms with Crippen molar-refractivity contribution < 1.29 is 28.3 Å². The average molecular weight is 598 g/mol. The number of thioether (sulfide) groups is 1. The van der Waals surface area contributed by atoms with Crippen LogP contribution in [0, 0.1) is 5.82 Å². The van der Waals surface area contributed by atoms with Crippen LogP contribution >= 0.6 is 11.8 Å². The number of benzene rings is 4. The highest BCUT2D eigenvalue weighted by atomic mass is 32.2. The van der Waals surface area contributed by atoms with Gasteiger partial charge in [0.25, 0.3) is 11.8 Å². The summed E-state index contributed by atoms with van der Waals surface area (Å²) in [5.41, 5.74) is 2.31. The third-order valence-corrected chi connectivity index (χ3v) is 6.88. The highest BCUT2D eigenvalue weighted by Gasteiger charge is 2.15. The molecule has 4 rings (SSSR count). The fourth-order valence-electron chi connectivity index (χ4n) is 3.75. The molecule has 4 aromatic carbocycles. The summed E-state index contributed by atoms with van der Waals surface area (Å²) >= 11 is 1.31. The van der Waals surface area contributed by atoms with Crippen molar-refractivity contribution in [1.29, 1.82) is 0 Å². The monoisotopic (exact) mass is 597 g/mol. The van der Waals surface area contributed by atoms with Gasteiger partial charge in [-0.3, -0.25) is 14.4 Å². The van der Waals surface area contributed by atoms with Crippen molar-refractivity contribution in [2.24, 2.45) is 0 Å². The Morgan fingerprint density at radius 1 is 0.767 bits per heavy atom. The molecule has 0 aromatic heterocycles. The van der Waals surface area contributed by atoms with Crippen LogP contribution in [0.15, 0.2) is 114 Å². The molecule has 4 aromatic rings. The molecule has 8 nitrogen and oxygen atoms in total. The summed E-state index contributed by atoms with van der Waals surface area (Å²) in [6.07, 6.45) is 1.46. The van der Waals surface area contributed by atoms with Gasteiger partial charge in [-0.1, -0.05) is 30.3 Å². The molecular weight excluding hydrogens is 569 g/mol. The van der Waals surface area contributed by atoms with E-state index in [1.807, 2.05) is 0 Å². The first-order valence-corrected chi connectivity index (χ1v) is 14.2. The number of nitrogens with one attached hydrogen (secondary N) is 3. The van der Waals surface area contributed by atoms with Crippen molar-refractivity contribution in [2.75, 3.05) is 23.0 Å². The Hall–Kier alpha value is -5.22. The zero-order valence-corrected chi connectivity index (χ0v) is 24.0. The van der Waals surface area contributed by atoms with Crippen LogP contribution in [0.2, 0.25) is 0 Å². The Morgan fingerprint density at radius 2 is 1.40 bits per heavy atom. The first-order valence-electron chi connectivity index (χ1n) is 13.3. The predicted octanol–water partition coefficient (Wildman–Crippen LogP) is 6.14. The Kier molecular flexibility index (Phi) is 10.8. The second-order valence-corrected chi connectivity index (χ2v) is 10.1. The fraction of sp³-hybridized carbons (Fsp3) is 0.0909. The lowest BCUT2D eigenvalue weighted by Crippen LogP contribution is -2.30. The number of carbonyl (C=O) groups excluding carboxylic acids is 4. The zero-order valence-electron chi connectivity index (χ0n) is 23.1. The van der Waals surface area contributed by atoms with Gasteiger partial charge in [-0.25, -0.2) is 9.18 Å². The number of hydrogen-bond acceptors (Lipinski definition) is 6. The van der Waals surface area contributed by atoms with Crippen LogP contribution in [-0.2, 0) is 14.3 Å². The smallest absolute Gasteiger partial charge is 0.338 e. The molecule has 10 heteroatoms. The first-order chi connectivity index (χ1) is 20.8. The summed E-state index contributed by atoms with van der Waals surface area (Å²) < 4.78 is 18.3. The first kappa shape index (κ1) is 30.7. The zero-order chi connectivity index (χ0) is 30.6. The minimum atomic E-state index is -0.567. The van der Waals surface area contributed by atoms with Gasteiger partial charge in [0.2, 0.25) is 5.91 Å². The van der Waals surface area contributed by atoms with Crippen molar-refractivity contribution in [3.8, 4) is 0 Å². The molecule has 3 N–H and O–H groups in total. The molecule has 0 bridgehead atoms. The van der Waals surface area contributed by atoms with E-state index in [1.165, 1.54) is 42.1 Å². The summed E-state index contributed by atoms with van der Waals surface area (Å²) in [6.45, 7) is 2.01. The van der Waals surface area contributed by atoms with E-state index >= 15 is 0 Å². The van der Waals surface area contributed by atoms with Crippen molar-refractivity contribution in [1.82, 2.24) is 5.32 Å². The van der Waals surface area contributed by atoms with Crippen LogP contribution in [0.1, 0.15) is 33.2 Å². The SMILES string of the molecule is CCOC(=O)c1ccc(NC(=O)CSc2ccc(NC(=O)/C(=C/c3ccc(F)cc3)NC(=O)c3ccccc3)cc2)cc1. The van der Waals surface area contributed by atoms with Gasteiger partial charge in [0.1, 0.15) is 11.5 Å². The van der Waals surface area contributed by atoms with Crippen molar-refractivity contribution in [2.45, 2.75) is 11.8 Å². The van der Waals surface area contributed by atoms with Crippen molar-refractivity contribution in [3.05, 3.63) is 131 Å². The number of rotatable bonds is 11. The molecule has 3 amide bonds. The second kappa shape index (κ2) is 15.1. The fourth-order valence-corrected chi connectivity index (χ4v) is 4.45. The van der Waals surface area contributed by atoms with Gasteiger partial charge in [-0.05, 0) is 91.4 Å². The maximum Gasteiger partial charge on any atom is 0.338 e. The van der Waals surface area contributed by atoms with E-state index in [9.17, 15) is 23.6 Å². The van der Waals surface area contributed by atoms with Crippen LogP contribution in [0.3, 0.4) is 0 Å². The molecule has 0 saturated heterocycles. The Balaban J connectivity index is 1.35. The van der Waals surface area contributed by atoms with E-state index in [2.05, 4.69) is 16.0 Å². The average Bonchev–Trinajstić information content (AvgIpc) is 3.02. The van der Waals surface area contributed by atoms with E-state index in [-0.39, 0.29) is 24.0 Å². The summed E-state index contributed by atoms with van der Waals surface area (Å²) in [7, 11) is 0. The van der Waals surface area contributed by atoms with Crippen LogP contribution in [0.4, 0.5) is 15.8 Å². The second-order valence-electron chi connectivity index (χ2n) is 9.04. The van der Waals surface area contributed by atoms with E-state index in [1.54, 1.807) is 85.8 Å². The van der Waals surface area contributed by atoms with Crippen molar-refractivity contribution in [3.63, 3.8) is 0 Å². The number of hydrogen-bond donors (Lipinski definition) is 3. The lowest BCUT2D eigenvalue weighted by molar-refractivity contribution is -0.114. The van der Waals surface area contributed by atoms with Gasteiger partial charge >= 0.3 is 5.97 Å². The quantitative estimate of drug-likeness (QED) is 0.109. The van der Waals surface area contributed by atoms with Gasteiger partial charge < -0.3 is 20.7 Å². The van der Waals surface area contributed by atoms with Crippen molar-refractivity contribution >= 4 is 52.9 Å². The van der Waals surface area contributed by atoms with Gasteiger partial charge in [0, 0.05) is 21.8 Å². The Bertz CT molecular complexity index is 1610. The van der Waals surface area contributed by atoms with E-state index in [0.717, 1.165) is 4.90 Å². The maximum absolute atomic E-state index is 13.4. The lowest BCUT2D eigenvalue weighted by atomic mass is 10.1. The molecular formula is C33H28FN3O5S. The highest BCUT2D eigenvalue weighted by molar-refractivity contribution is 8.00. The van der Waals surface area contributed by atoms with Gasteiger partial charge in [0.05, 0.1) is 17.9 Å².